The summed E-state index contributed by atoms with van der Waals surface area (Å²) in [6, 6.07) is 15.8. The van der Waals surface area contributed by atoms with E-state index in [9.17, 15) is 19.2 Å². The van der Waals surface area contributed by atoms with Crippen molar-refractivity contribution < 1.29 is 19.2 Å². The number of pyridine rings is 2. The van der Waals surface area contributed by atoms with E-state index in [1.807, 2.05) is 117 Å². The highest BCUT2D eigenvalue weighted by Gasteiger charge is 2.44. The van der Waals surface area contributed by atoms with E-state index in [2.05, 4.69) is 51.8 Å². The molecule has 0 bridgehead atoms. The Morgan fingerprint density at radius 1 is 0.534 bits per heavy atom. The second kappa shape index (κ2) is 29.6. The minimum atomic E-state index is -0.0288. The van der Waals surface area contributed by atoms with Gasteiger partial charge in [0.15, 0.2) is 0 Å². The minimum absolute atomic E-state index is 0.0288. The number of nitrogens with one attached hydrogen (secondary N) is 3. The molecule has 6 unspecified atom stereocenters. The van der Waals surface area contributed by atoms with Gasteiger partial charge in [0.05, 0.1) is 39.5 Å². The third-order valence-electron chi connectivity index (χ3n) is 19.9. The number of likely N-dealkylation sites (tertiary alicyclic amines) is 5. The first-order valence-corrected chi connectivity index (χ1v) is 33.1. The van der Waals surface area contributed by atoms with Gasteiger partial charge in [-0.2, -0.15) is 0 Å². The molecule has 3 aromatic heterocycles. The Morgan fingerprint density at radius 3 is 1.50 bits per heavy atom. The smallest absolute Gasteiger partial charge is 0.321 e. The van der Waals surface area contributed by atoms with Crippen LogP contribution in [-0.2, 0) is 0 Å². The molecule has 1 aliphatic carbocycles. The Morgan fingerprint density at radius 2 is 1.00 bits per heavy atom. The molecule has 6 aliphatic heterocycles. The van der Waals surface area contributed by atoms with E-state index in [0.717, 1.165) is 190 Å². The Hall–Kier alpha value is -6.24. The molecule has 0 spiro atoms. The van der Waals surface area contributed by atoms with Gasteiger partial charge in [-0.1, -0.05) is 54.6 Å². The Balaban J connectivity index is 0.000000156. The van der Waals surface area contributed by atoms with Crippen molar-refractivity contribution in [2.24, 2.45) is 41.4 Å². The van der Waals surface area contributed by atoms with Crippen LogP contribution in [-0.4, -0.2) is 179 Å². The first kappa shape index (κ1) is 64.7. The monoisotopic (exact) mass is 1240 g/mol. The van der Waals surface area contributed by atoms with Gasteiger partial charge in [-0.05, 0) is 194 Å². The molecule has 12 rings (SSSR count). The number of anilines is 2. The minimum Gasteiger partial charge on any atom is -0.385 e. The molecule has 5 aromatic rings. The summed E-state index contributed by atoms with van der Waals surface area (Å²) in [5.74, 6) is 4.40. The van der Waals surface area contributed by atoms with Crippen LogP contribution in [0.3, 0.4) is 0 Å². The van der Waals surface area contributed by atoms with Gasteiger partial charge in [-0.3, -0.25) is 29.3 Å². The summed E-state index contributed by atoms with van der Waals surface area (Å²) in [6.07, 6.45) is 13.3. The van der Waals surface area contributed by atoms with Gasteiger partial charge >= 0.3 is 6.03 Å². The number of carbonyl (C=O) groups is 4. The summed E-state index contributed by atoms with van der Waals surface area (Å²) < 4.78 is 0. The topological polar surface area (TPSA) is 175 Å². The normalized spacial score (nSPS) is 22.4. The van der Waals surface area contributed by atoms with E-state index in [1.165, 1.54) is 38.4 Å². The SMILES string of the molecule is Cc1ccc(N(CCCN2CC3CN(C(=O)c4c(C)ccnc4C)CC3C2)C(=O)NCC2CCCCC2)cc1Cl.Cc1ccc(NCCCN2CC3CN(C(=O)c4c(C)ccnc4C)CC3C2)cc1Cl.Cc1ncnc(C)c1C(=O)N1CC2CNCC2C1. The lowest BCUT2D eigenvalue weighted by atomic mass is 9.89. The first-order chi connectivity index (χ1) is 42.4. The molecule has 472 valence electrons. The molecular weight excluding hydrogens is 1150 g/mol. The van der Waals surface area contributed by atoms with Gasteiger partial charge in [-0.15, -0.1) is 0 Å². The van der Waals surface area contributed by atoms with Crippen LogP contribution >= 0.6 is 23.2 Å². The van der Waals surface area contributed by atoms with Crippen LogP contribution in [0.25, 0.3) is 0 Å². The zero-order valence-corrected chi connectivity index (χ0v) is 54.7. The van der Waals surface area contributed by atoms with Gasteiger partial charge in [0.25, 0.3) is 17.7 Å². The molecule has 17 nitrogen and oxygen atoms in total. The van der Waals surface area contributed by atoms with Crippen molar-refractivity contribution in [2.75, 3.05) is 121 Å². The van der Waals surface area contributed by atoms with E-state index < -0.39 is 0 Å². The number of hydrogen-bond donors (Lipinski definition) is 3. The van der Waals surface area contributed by atoms with Crippen LogP contribution in [0.1, 0.15) is 121 Å². The maximum atomic E-state index is 13.4. The van der Waals surface area contributed by atoms with E-state index in [0.29, 0.717) is 58.6 Å². The molecule has 1 saturated carbocycles. The fourth-order valence-corrected chi connectivity index (χ4v) is 15.2. The fourth-order valence-electron chi connectivity index (χ4n) is 14.8. The average molecular weight is 1240 g/mol. The van der Waals surface area contributed by atoms with Crippen molar-refractivity contribution in [2.45, 2.75) is 100 Å². The molecule has 9 heterocycles. The standard InChI is InChI=1S/C32H44ClN5O2.C24H31ClN4O.C13H18N4O/c1-22-10-11-28(16-29(22)33)38(32(40)35-17-25-8-5-4-6-9-25)15-7-14-36-18-26-20-37(21-27(26)19-36)31(39)30-23(2)12-13-34-24(30)3;1-16-5-6-21(11-22(16)25)27-8-4-10-28-12-19-14-29(15-20(19)13-28)24(30)23-17(2)7-9-26-18(23)3;1-8-12(9(2)16-7-15-8)13(18)17-5-10-3-14-4-11(10)6-17/h10-13,16,25-27H,4-9,14-15,17-21H2,1-3H3,(H,35,40);5-7,9,11,19-20,27H,4,8,10,12-15H2,1-3H3;7,10-11,14H,3-6H2,1-2H3. The molecule has 88 heavy (non-hydrogen) atoms. The van der Waals surface area contributed by atoms with Gasteiger partial charge in [-0.25, -0.2) is 14.8 Å². The second-order valence-corrected chi connectivity index (χ2v) is 27.2. The van der Waals surface area contributed by atoms with Crippen molar-refractivity contribution >= 4 is 58.3 Å². The lowest BCUT2D eigenvalue weighted by molar-refractivity contribution is 0.0764. The van der Waals surface area contributed by atoms with Crippen LogP contribution in [0.5, 0.6) is 0 Å². The molecule has 7 aliphatic rings. The molecule has 0 radical (unpaired) electrons. The number of carbonyl (C=O) groups excluding carboxylic acids is 4. The van der Waals surface area contributed by atoms with E-state index in [4.69, 9.17) is 23.2 Å². The molecule has 19 heteroatoms. The molecular formula is C69H93Cl2N13O4. The van der Waals surface area contributed by atoms with E-state index >= 15 is 0 Å². The number of fused-ring (bicyclic) bond motifs is 3. The van der Waals surface area contributed by atoms with Crippen LogP contribution in [0.4, 0.5) is 16.2 Å². The highest BCUT2D eigenvalue weighted by Crippen LogP contribution is 2.35. The van der Waals surface area contributed by atoms with Crippen LogP contribution in [0.15, 0.2) is 67.3 Å². The van der Waals surface area contributed by atoms with Crippen LogP contribution in [0.2, 0.25) is 10.0 Å². The number of rotatable bonds is 15. The Bertz CT molecular complexity index is 3190. The van der Waals surface area contributed by atoms with Crippen LogP contribution < -0.4 is 20.9 Å². The fraction of sp³-hybridized carbons (Fsp3) is 0.565. The predicted molar refractivity (Wildman–Crippen MR) is 351 cm³/mol. The first-order valence-electron chi connectivity index (χ1n) is 32.4. The molecule has 6 atom stereocenters. The molecule has 6 saturated heterocycles. The molecule has 3 N–H and O–H groups in total. The number of benzene rings is 2. The number of nitrogens with zero attached hydrogens (tertiary/aromatic N) is 10. The number of hydrogen-bond acceptors (Lipinski definition) is 12. The maximum Gasteiger partial charge on any atom is 0.321 e. The van der Waals surface area contributed by atoms with E-state index in [-0.39, 0.29) is 23.8 Å². The van der Waals surface area contributed by atoms with Crippen molar-refractivity contribution in [1.82, 2.24) is 55.1 Å². The average Bonchev–Trinajstić information content (AvgIpc) is 2.72. The number of urea groups is 1. The third kappa shape index (κ3) is 15.7. The van der Waals surface area contributed by atoms with Gasteiger partial charge in [0.1, 0.15) is 6.33 Å². The van der Waals surface area contributed by atoms with Gasteiger partial charge in [0.2, 0.25) is 0 Å². The van der Waals surface area contributed by atoms with Crippen molar-refractivity contribution in [3.05, 3.63) is 139 Å². The summed E-state index contributed by atoms with van der Waals surface area (Å²) in [5.41, 5.74) is 11.5. The number of halogens is 2. The Labute approximate surface area is 532 Å². The predicted octanol–water partition coefficient (Wildman–Crippen LogP) is 10.4. The largest absolute Gasteiger partial charge is 0.385 e. The molecule has 7 fully saturated rings. The Kier molecular flexibility index (Phi) is 21.8. The lowest BCUT2D eigenvalue weighted by Gasteiger charge is -2.28. The van der Waals surface area contributed by atoms with Gasteiger partial charge in [0, 0.05) is 132 Å². The summed E-state index contributed by atoms with van der Waals surface area (Å²) >= 11 is 12.6. The summed E-state index contributed by atoms with van der Waals surface area (Å²) in [7, 11) is 0. The van der Waals surface area contributed by atoms with Crippen molar-refractivity contribution in [3.8, 4) is 0 Å². The van der Waals surface area contributed by atoms with Crippen molar-refractivity contribution in [1.29, 1.82) is 0 Å². The lowest BCUT2D eigenvalue weighted by Crippen LogP contribution is -2.43. The van der Waals surface area contributed by atoms with E-state index in [1.54, 1.807) is 12.4 Å². The summed E-state index contributed by atoms with van der Waals surface area (Å²) in [4.78, 5) is 82.1. The second-order valence-electron chi connectivity index (χ2n) is 26.3. The molecule has 2 aromatic carbocycles. The summed E-state index contributed by atoms with van der Waals surface area (Å²) in [5, 5.41) is 11.6. The highest BCUT2D eigenvalue weighted by atomic mass is 35.5. The van der Waals surface area contributed by atoms with Crippen LogP contribution in [0, 0.1) is 96.8 Å². The number of amides is 5. The molecule has 5 amide bonds. The number of aryl methyl sites for hydroxylation is 8. The van der Waals surface area contributed by atoms with Gasteiger partial charge < -0.3 is 40.4 Å². The zero-order valence-electron chi connectivity index (χ0n) is 53.2. The van der Waals surface area contributed by atoms with Crippen molar-refractivity contribution in [3.63, 3.8) is 0 Å². The zero-order chi connectivity index (χ0) is 62.2. The maximum absolute atomic E-state index is 13.4. The highest BCUT2D eigenvalue weighted by molar-refractivity contribution is 6.32. The quantitative estimate of drug-likeness (QED) is 0.0848. The number of aromatic nitrogens is 4. The summed E-state index contributed by atoms with van der Waals surface area (Å²) in [6.45, 7) is 31.3. The third-order valence-corrected chi connectivity index (χ3v) is 20.7.